The lowest BCUT2D eigenvalue weighted by molar-refractivity contribution is 0.410. The van der Waals surface area contributed by atoms with Crippen LogP contribution in [-0.4, -0.2) is 10.2 Å². The van der Waals surface area contributed by atoms with Gasteiger partial charge in [0.1, 0.15) is 5.82 Å². The Balaban J connectivity index is 1.76. The van der Waals surface area contributed by atoms with Crippen LogP contribution in [-0.2, 0) is 0 Å². The molecule has 2 aromatic rings. The Labute approximate surface area is 109 Å². The Bertz CT molecular complexity index is 517. The van der Waals surface area contributed by atoms with Gasteiger partial charge in [-0.25, -0.2) is 0 Å². The van der Waals surface area contributed by atoms with Crippen molar-refractivity contribution < 1.29 is 0 Å². The Morgan fingerprint density at radius 3 is 2.82 bits per heavy atom. The third kappa shape index (κ3) is 2.22. The summed E-state index contributed by atoms with van der Waals surface area (Å²) in [5, 5.41) is 10.7. The molecule has 0 aliphatic heterocycles. The van der Waals surface area contributed by atoms with Crippen LogP contribution in [0.3, 0.4) is 0 Å². The Kier molecular flexibility index (Phi) is 2.89. The molecule has 1 aromatic carbocycles. The first kappa shape index (κ1) is 10.8. The highest BCUT2D eigenvalue weighted by atomic mass is 79.9. The summed E-state index contributed by atoms with van der Waals surface area (Å²) in [7, 11) is 0. The number of rotatable bonds is 3. The second-order valence-electron chi connectivity index (χ2n) is 4.44. The summed E-state index contributed by atoms with van der Waals surface area (Å²) in [6, 6.07) is 10.2. The lowest BCUT2D eigenvalue weighted by Crippen LogP contribution is -2.08. The van der Waals surface area contributed by atoms with Gasteiger partial charge in [-0.2, -0.15) is 5.10 Å². The number of benzene rings is 1. The predicted octanol–water partition coefficient (Wildman–Crippen LogP) is 4.18. The van der Waals surface area contributed by atoms with Crippen LogP contribution in [0.5, 0.6) is 0 Å². The van der Waals surface area contributed by atoms with Crippen LogP contribution in [0, 0.1) is 0 Å². The molecule has 1 aliphatic rings. The molecule has 1 fully saturated rings. The fraction of sp³-hybridized carbons (Fsp3) is 0.308. The molecular formula is C13H14BrN3. The van der Waals surface area contributed by atoms with Gasteiger partial charge in [0.2, 0.25) is 0 Å². The number of halogens is 1. The molecule has 2 N–H and O–H groups in total. The Morgan fingerprint density at radius 2 is 2.12 bits per heavy atom. The average Bonchev–Trinajstić information content (AvgIpc) is 2.67. The van der Waals surface area contributed by atoms with Crippen molar-refractivity contribution in [3.63, 3.8) is 0 Å². The first-order chi connectivity index (χ1) is 8.33. The minimum atomic E-state index is 0.668. The van der Waals surface area contributed by atoms with E-state index in [0.29, 0.717) is 5.92 Å². The van der Waals surface area contributed by atoms with Crippen molar-refractivity contribution in [3.05, 3.63) is 40.5 Å². The van der Waals surface area contributed by atoms with E-state index in [1.54, 1.807) is 0 Å². The maximum absolute atomic E-state index is 4.36. The second kappa shape index (κ2) is 4.53. The zero-order valence-corrected chi connectivity index (χ0v) is 11.0. The van der Waals surface area contributed by atoms with Crippen molar-refractivity contribution in [3.8, 4) is 0 Å². The van der Waals surface area contributed by atoms with E-state index in [4.69, 9.17) is 0 Å². The molecule has 0 spiro atoms. The van der Waals surface area contributed by atoms with Gasteiger partial charge in [-0.15, -0.1) is 0 Å². The van der Waals surface area contributed by atoms with Gasteiger partial charge in [0.25, 0.3) is 0 Å². The second-order valence-corrected chi connectivity index (χ2v) is 5.29. The first-order valence-electron chi connectivity index (χ1n) is 5.90. The van der Waals surface area contributed by atoms with Crippen LogP contribution >= 0.6 is 15.9 Å². The topological polar surface area (TPSA) is 40.7 Å². The molecule has 3 nitrogen and oxygen atoms in total. The molecule has 0 saturated heterocycles. The fourth-order valence-electron chi connectivity index (χ4n) is 2.02. The zero-order chi connectivity index (χ0) is 11.7. The number of hydrogen-bond donors (Lipinski definition) is 2. The summed E-state index contributed by atoms with van der Waals surface area (Å²) in [5.74, 6) is 1.62. The van der Waals surface area contributed by atoms with Crippen LogP contribution < -0.4 is 5.32 Å². The Morgan fingerprint density at radius 1 is 1.29 bits per heavy atom. The van der Waals surface area contributed by atoms with E-state index in [1.807, 2.05) is 24.3 Å². The van der Waals surface area contributed by atoms with Gasteiger partial charge < -0.3 is 5.32 Å². The van der Waals surface area contributed by atoms with Crippen molar-refractivity contribution in [1.29, 1.82) is 0 Å². The number of nitrogens with one attached hydrogen (secondary N) is 2. The van der Waals surface area contributed by atoms with Crippen LogP contribution in [0.1, 0.15) is 30.9 Å². The van der Waals surface area contributed by atoms with E-state index >= 15 is 0 Å². The molecule has 4 heteroatoms. The van der Waals surface area contributed by atoms with E-state index in [-0.39, 0.29) is 0 Å². The molecule has 1 saturated carbocycles. The fourth-order valence-corrected chi connectivity index (χ4v) is 2.41. The van der Waals surface area contributed by atoms with Gasteiger partial charge in [-0.3, -0.25) is 5.10 Å². The van der Waals surface area contributed by atoms with Gasteiger partial charge in [0.15, 0.2) is 0 Å². The van der Waals surface area contributed by atoms with E-state index in [9.17, 15) is 0 Å². The number of nitrogens with zero attached hydrogens (tertiary/aromatic N) is 1. The van der Waals surface area contributed by atoms with Crippen molar-refractivity contribution in [2.75, 3.05) is 5.32 Å². The van der Waals surface area contributed by atoms with Gasteiger partial charge in [0.05, 0.1) is 11.4 Å². The van der Waals surface area contributed by atoms with Crippen molar-refractivity contribution >= 4 is 27.4 Å². The number of aromatic amines is 1. The van der Waals surface area contributed by atoms with Crippen LogP contribution in [0.15, 0.2) is 34.8 Å². The third-order valence-corrected chi connectivity index (χ3v) is 3.96. The van der Waals surface area contributed by atoms with E-state index in [0.717, 1.165) is 16.0 Å². The largest absolute Gasteiger partial charge is 0.340 e. The van der Waals surface area contributed by atoms with Crippen molar-refractivity contribution in [1.82, 2.24) is 10.2 Å². The molecule has 88 valence electrons. The minimum absolute atomic E-state index is 0.668. The molecule has 1 aliphatic carbocycles. The highest BCUT2D eigenvalue weighted by Gasteiger charge is 2.21. The van der Waals surface area contributed by atoms with E-state index in [1.165, 1.54) is 25.0 Å². The first-order valence-corrected chi connectivity index (χ1v) is 6.69. The third-order valence-electron chi connectivity index (χ3n) is 3.26. The van der Waals surface area contributed by atoms with Gasteiger partial charge in [-0.05, 0) is 40.9 Å². The van der Waals surface area contributed by atoms with Crippen LogP contribution in [0.2, 0.25) is 0 Å². The lowest BCUT2D eigenvalue weighted by Gasteiger charge is -2.22. The average molecular weight is 292 g/mol. The maximum atomic E-state index is 4.36. The monoisotopic (exact) mass is 291 g/mol. The zero-order valence-electron chi connectivity index (χ0n) is 9.41. The van der Waals surface area contributed by atoms with Gasteiger partial charge in [0, 0.05) is 16.5 Å². The van der Waals surface area contributed by atoms with E-state index in [2.05, 4.69) is 37.5 Å². The summed E-state index contributed by atoms with van der Waals surface area (Å²) >= 11 is 3.52. The molecule has 1 heterocycles. The summed E-state index contributed by atoms with van der Waals surface area (Å²) in [6.45, 7) is 0. The van der Waals surface area contributed by atoms with E-state index < -0.39 is 0 Å². The molecule has 0 bridgehead atoms. The molecule has 3 rings (SSSR count). The standard InChI is InChI=1S/C13H14BrN3/c14-10-6-1-2-7-11(10)15-13-8-12(16-17-13)9-4-3-5-9/h1-2,6-9H,3-5H2,(H2,15,16,17). The molecule has 0 atom stereocenters. The molecule has 0 radical (unpaired) electrons. The highest BCUT2D eigenvalue weighted by molar-refractivity contribution is 9.10. The Hall–Kier alpha value is -1.29. The van der Waals surface area contributed by atoms with Crippen LogP contribution in [0.25, 0.3) is 0 Å². The normalized spacial score (nSPS) is 15.6. The number of para-hydroxylation sites is 1. The summed E-state index contributed by atoms with van der Waals surface area (Å²) in [5.41, 5.74) is 2.24. The molecule has 17 heavy (non-hydrogen) atoms. The number of aromatic nitrogens is 2. The molecular weight excluding hydrogens is 278 g/mol. The van der Waals surface area contributed by atoms with Gasteiger partial charge >= 0.3 is 0 Å². The van der Waals surface area contributed by atoms with Gasteiger partial charge in [-0.1, -0.05) is 18.6 Å². The maximum Gasteiger partial charge on any atom is 0.126 e. The number of anilines is 2. The SMILES string of the molecule is Brc1ccccc1Nc1cc(C2CCC2)n[nH]1. The number of H-pyrrole nitrogens is 1. The molecule has 1 aromatic heterocycles. The highest BCUT2D eigenvalue weighted by Crippen LogP contribution is 2.36. The summed E-state index contributed by atoms with van der Waals surface area (Å²) in [4.78, 5) is 0. The smallest absolute Gasteiger partial charge is 0.126 e. The molecule has 0 amide bonds. The number of hydrogen-bond acceptors (Lipinski definition) is 2. The lowest BCUT2D eigenvalue weighted by atomic mass is 9.83. The summed E-state index contributed by atoms with van der Waals surface area (Å²) in [6.07, 6.45) is 3.89. The molecule has 0 unspecified atom stereocenters. The van der Waals surface area contributed by atoms with Crippen molar-refractivity contribution in [2.45, 2.75) is 25.2 Å². The quantitative estimate of drug-likeness (QED) is 0.890. The van der Waals surface area contributed by atoms with Crippen LogP contribution in [0.4, 0.5) is 11.5 Å². The predicted molar refractivity (Wildman–Crippen MR) is 72.6 cm³/mol. The minimum Gasteiger partial charge on any atom is -0.340 e. The van der Waals surface area contributed by atoms with Crippen molar-refractivity contribution in [2.24, 2.45) is 0 Å². The summed E-state index contributed by atoms with van der Waals surface area (Å²) < 4.78 is 1.06.